The maximum atomic E-state index is 13.6. The summed E-state index contributed by atoms with van der Waals surface area (Å²) in [5.41, 5.74) is 2.74. The Kier molecular flexibility index (Phi) is 6.60. The first kappa shape index (κ1) is 23.5. The SMILES string of the molecule is O=C1C(Cl)=C(N2CCN(C(c3ccccc3)c3ccccc3)CC2)C(=O)N1c1ccc(F)c(Cl)c1. The Morgan fingerprint density at radius 2 is 1.31 bits per heavy atom. The van der Waals surface area contributed by atoms with Crippen LogP contribution in [0.1, 0.15) is 17.2 Å². The summed E-state index contributed by atoms with van der Waals surface area (Å²) < 4.78 is 13.6. The fourth-order valence-electron chi connectivity index (χ4n) is 4.71. The molecule has 2 heterocycles. The van der Waals surface area contributed by atoms with Crippen molar-refractivity contribution in [3.05, 3.63) is 112 Å². The maximum absolute atomic E-state index is 13.6. The summed E-state index contributed by atoms with van der Waals surface area (Å²) in [5.74, 6) is -1.79. The lowest BCUT2D eigenvalue weighted by atomic mass is 9.96. The van der Waals surface area contributed by atoms with E-state index in [-0.39, 0.29) is 27.5 Å². The average molecular weight is 510 g/mol. The van der Waals surface area contributed by atoms with Crippen LogP contribution < -0.4 is 4.90 Å². The smallest absolute Gasteiger partial charge is 0.283 e. The number of hydrogen-bond acceptors (Lipinski definition) is 4. The molecule has 0 atom stereocenters. The molecule has 0 spiro atoms. The summed E-state index contributed by atoms with van der Waals surface area (Å²) >= 11 is 12.2. The van der Waals surface area contributed by atoms with Gasteiger partial charge in [-0.1, -0.05) is 83.9 Å². The highest BCUT2D eigenvalue weighted by atomic mass is 35.5. The molecule has 1 saturated heterocycles. The lowest BCUT2D eigenvalue weighted by Crippen LogP contribution is -2.48. The monoisotopic (exact) mass is 509 g/mol. The molecular formula is C27H22Cl2FN3O2. The summed E-state index contributed by atoms with van der Waals surface area (Å²) in [6.07, 6.45) is 0. The number of imide groups is 1. The van der Waals surface area contributed by atoms with Gasteiger partial charge in [-0.15, -0.1) is 0 Å². The number of piperazine rings is 1. The number of carbonyl (C=O) groups excluding carboxylic acids is 2. The van der Waals surface area contributed by atoms with Crippen LogP contribution in [0.15, 0.2) is 89.6 Å². The molecule has 8 heteroatoms. The minimum absolute atomic E-state index is 0.0720. The predicted octanol–water partition coefficient (Wildman–Crippen LogP) is 5.21. The third-order valence-corrected chi connectivity index (χ3v) is 7.02. The molecule has 2 aliphatic rings. The lowest BCUT2D eigenvalue weighted by molar-refractivity contribution is -0.121. The van der Waals surface area contributed by atoms with Gasteiger partial charge in [-0.25, -0.2) is 9.29 Å². The van der Waals surface area contributed by atoms with Crippen LogP contribution in [0.4, 0.5) is 10.1 Å². The van der Waals surface area contributed by atoms with E-state index in [1.807, 2.05) is 41.3 Å². The Morgan fingerprint density at radius 3 is 1.86 bits per heavy atom. The summed E-state index contributed by atoms with van der Waals surface area (Å²) in [6.45, 7) is 2.40. The molecule has 3 aromatic rings. The highest BCUT2D eigenvalue weighted by Gasteiger charge is 2.42. The molecule has 3 aromatic carbocycles. The largest absolute Gasteiger partial charge is 0.363 e. The van der Waals surface area contributed by atoms with Crippen molar-refractivity contribution >= 4 is 40.7 Å². The summed E-state index contributed by atoms with van der Waals surface area (Å²) in [6, 6.07) is 24.4. The number of anilines is 1. The van der Waals surface area contributed by atoms with E-state index in [1.165, 1.54) is 23.3 Å². The first-order valence-electron chi connectivity index (χ1n) is 11.3. The van der Waals surface area contributed by atoms with Crippen LogP contribution in [0.2, 0.25) is 5.02 Å². The Morgan fingerprint density at radius 1 is 0.743 bits per heavy atom. The molecule has 5 nitrogen and oxygen atoms in total. The van der Waals surface area contributed by atoms with Gasteiger partial charge in [0.05, 0.1) is 16.8 Å². The van der Waals surface area contributed by atoms with E-state index in [4.69, 9.17) is 23.2 Å². The van der Waals surface area contributed by atoms with Gasteiger partial charge in [0, 0.05) is 26.2 Å². The minimum Gasteiger partial charge on any atom is -0.363 e. The highest BCUT2D eigenvalue weighted by Crippen LogP contribution is 2.35. The lowest BCUT2D eigenvalue weighted by Gasteiger charge is -2.40. The summed E-state index contributed by atoms with van der Waals surface area (Å²) in [4.78, 5) is 31.3. The van der Waals surface area contributed by atoms with Crippen LogP contribution >= 0.6 is 23.2 Å². The zero-order valence-electron chi connectivity index (χ0n) is 18.7. The van der Waals surface area contributed by atoms with Gasteiger partial charge < -0.3 is 4.90 Å². The minimum atomic E-state index is -0.636. The molecule has 35 heavy (non-hydrogen) atoms. The Hall–Kier alpha value is -3.19. The number of carbonyl (C=O) groups is 2. The van der Waals surface area contributed by atoms with E-state index in [1.54, 1.807) is 0 Å². The van der Waals surface area contributed by atoms with Gasteiger partial charge in [0.25, 0.3) is 11.8 Å². The first-order chi connectivity index (χ1) is 17.0. The normalized spacial score (nSPS) is 17.1. The quantitative estimate of drug-likeness (QED) is 0.443. The number of rotatable bonds is 5. The fourth-order valence-corrected chi connectivity index (χ4v) is 5.17. The van der Waals surface area contributed by atoms with E-state index in [2.05, 4.69) is 29.2 Å². The molecule has 0 bridgehead atoms. The van der Waals surface area contributed by atoms with Crippen molar-refractivity contribution in [2.75, 3.05) is 31.1 Å². The highest BCUT2D eigenvalue weighted by molar-refractivity contribution is 6.52. The molecule has 178 valence electrons. The molecule has 0 aliphatic carbocycles. The standard InChI is InChI=1S/C27H22Cl2FN3O2/c28-21-17-20(11-12-22(21)30)33-26(34)23(29)25(27(33)35)32-15-13-31(14-16-32)24(18-7-3-1-4-8-18)19-9-5-2-6-10-19/h1-12,17,24H,13-16H2. The number of hydrogen-bond donors (Lipinski definition) is 0. The van der Waals surface area contributed by atoms with E-state index in [0.29, 0.717) is 26.2 Å². The molecule has 0 aromatic heterocycles. The second-order valence-electron chi connectivity index (χ2n) is 8.45. The topological polar surface area (TPSA) is 43.9 Å². The van der Waals surface area contributed by atoms with Crippen LogP contribution in [0, 0.1) is 5.82 Å². The molecular weight excluding hydrogens is 488 g/mol. The first-order valence-corrected chi connectivity index (χ1v) is 12.0. The van der Waals surface area contributed by atoms with Crippen molar-refractivity contribution < 1.29 is 14.0 Å². The summed E-state index contributed by atoms with van der Waals surface area (Å²) in [5, 5.41) is -0.305. The number of benzene rings is 3. The second-order valence-corrected chi connectivity index (χ2v) is 9.24. The Bertz CT molecular complexity index is 1250. The van der Waals surface area contributed by atoms with Gasteiger partial charge in [-0.05, 0) is 29.3 Å². The van der Waals surface area contributed by atoms with Crippen molar-refractivity contribution in [3.63, 3.8) is 0 Å². The van der Waals surface area contributed by atoms with E-state index in [0.717, 1.165) is 11.0 Å². The van der Waals surface area contributed by atoms with E-state index in [9.17, 15) is 14.0 Å². The fraction of sp³-hybridized carbons (Fsp3) is 0.185. The molecule has 2 aliphatic heterocycles. The maximum Gasteiger partial charge on any atom is 0.283 e. The van der Waals surface area contributed by atoms with Crippen molar-refractivity contribution in [3.8, 4) is 0 Å². The van der Waals surface area contributed by atoms with Gasteiger partial charge in [-0.3, -0.25) is 14.5 Å². The van der Waals surface area contributed by atoms with Crippen LogP contribution in [0.3, 0.4) is 0 Å². The van der Waals surface area contributed by atoms with Crippen LogP contribution in [-0.4, -0.2) is 47.8 Å². The number of halogens is 3. The van der Waals surface area contributed by atoms with Gasteiger partial charge in [0.15, 0.2) is 0 Å². The van der Waals surface area contributed by atoms with Crippen LogP contribution in [0.5, 0.6) is 0 Å². The number of amides is 2. The second kappa shape index (κ2) is 9.82. The molecule has 1 fully saturated rings. The average Bonchev–Trinajstić information content (AvgIpc) is 3.11. The van der Waals surface area contributed by atoms with Gasteiger partial charge in [0.2, 0.25) is 0 Å². The Balaban J connectivity index is 1.36. The van der Waals surface area contributed by atoms with Gasteiger partial charge in [-0.2, -0.15) is 0 Å². The van der Waals surface area contributed by atoms with E-state index < -0.39 is 17.6 Å². The molecule has 2 amide bonds. The molecule has 0 N–H and O–H groups in total. The molecule has 0 saturated carbocycles. The third-order valence-electron chi connectivity index (χ3n) is 6.39. The van der Waals surface area contributed by atoms with Crippen molar-refractivity contribution in [1.29, 1.82) is 0 Å². The van der Waals surface area contributed by atoms with Crippen molar-refractivity contribution in [2.24, 2.45) is 0 Å². The van der Waals surface area contributed by atoms with Crippen LogP contribution in [0.25, 0.3) is 0 Å². The van der Waals surface area contributed by atoms with Gasteiger partial charge >= 0.3 is 0 Å². The number of nitrogens with zero attached hydrogens (tertiary/aromatic N) is 3. The Labute approximate surface area is 213 Å². The third kappa shape index (κ3) is 4.45. The summed E-state index contributed by atoms with van der Waals surface area (Å²) in [7, 11) is 0. The molecule has 0 unspecified atom stereocenters. The van der Waals surface area contributed by atoms with Crippen molar-refractivity contribution in [2.45, 2.75) is 6.04 Å². The van der Waals surface area contributed by atoms with Gasteiger partial charge in [0.1, 0.15) is 16.5 Å². The predicted molar refractivity (Wildman–Crippen MR) is 135 cm³/mol. The van der Waals surface area contributed by atoms with Crippen LogP contribution in [-0.2, 0) is 9.59 Å². The van der Waals surface area contributed by atoms with Crippen molar-refractivity contribution in [1.82, 2.24) is 9.80 Å². The molecule has 5 rings (SSSR count). The van der Waals surface area contributed by atoms with E-state index >= 15 is 0 Å². The zero-order chi connectivity index (χ0) is 24.5. The molecule has 0 radical (unpaired) electrons. The zero-order valence-corrected chi connectivity index (χ0v) is 20.2.